The van der Waals surface area contributed by atoms with Crippen LogP contribution in [-0.4, -0.2) is 19.2 Å². The third kappa shape index (κ3) is 3.21. The molecule has 0 saturated carbocycles. The van der Waals surface area contributed by atoms with Crippen molar-refractivity contribution >= 4 is 17.7 Å². The van der Waals surface area contributed by atoms with Crippen LogP contribution in [0, 0.1) is 6.92 Å². The number of ether oxygens (including phenoxy) is 2. The van der Waals surface area contributed by atoms with E-state index in [9.17, 15) is 4.79 Å². The van der Waals surface area contributed by atoms with Crippen LogP contribution in [0.2, 0.25) is 0 Å². The first-order valence-electron chi connectivity index (χ1n) is 7.64. The topological polar surface area (TPSA) is 38.8 Å². The summed E-state index contributed by atoms with van der Waals surface area (Å²) in [6, 6.07) is 13.5. The van der Waals surface area contributed by atoms with E-state index in [0.717, 1.165) is 22.6 Å². The number of fused-ring (bicyclic) bond motifs is 1. The fourth-order valence-corrected chi connectivity index (χ4v) is 2.59. The molecule has 2 aromatic rings. The molecular weight excluding hydrogens is 290 g/mol. The van der Waals surface area contributed by atoms with Gasteiger partial charge in [-0.2, -0.15) is 0 Å². The van der Waals surface area contributed by atoms with Crippen LogP contribution < -0.4 is 14.4 Å². The number of aryl methyl sites for hydroxylation is 1. The van der Waals surface area contributed by atoms with Crippen LogP contribution in [0.15, 0.2) is 48.5 Å². The van der Waals surface area contributed by atoms with Crippen molar-refractivity contribution in [3.8, 4) is 11.5 Å². The van der Waals surface area contributed by atoms with Crippen LogP contribution in [0.4, 0.5) is 5.69 Å². The number of benzene rings is 2. The van der Waals surface area contributed by atoms with Gasteiger partial charge in [0.1, 0.15) is 0 Å². The number of carbonyl (C=O) groups is 1. The molecule has 1 heterocycles. The van der Waals surface area contributed by atoms with E-state index >= 15 is 0 Å². The minimum absolute atomic E-state index is 0.0422. The highest BCUT2D eigenvalue weighted by molar-refractivity contribution is 6.04. The Balaban J connectivity index is 1.78. The van der Waals surface area contributed by atoms with E-state index in [4.69, 9.17) is 9.47 Å². The van der Waals surface area contributed by atoms with Crippen LogP contribution >= 0.6 is 0 Å². The lowest BCUT2D eigenvalue weighted by Gasteiger charge is -2.21. The zero-order valence-electron chi connectivity index (χ0n) is 13.3. The third-order valence-corrected chi connectivity index (χ3v) is 3.80. The van der Waals surface area contributed by atoms with Gasteiger partial charge in [-0.15, -0.1) is 0 Å². The number of anilines is 1. The zero-order valence-corrected chi connectivity index (χ0v) is 13.3. The molecular formula is C19H19NO3. The monoisotopic (exact) mass is 309 g/mol. The molecule has 0 fully saturated rings. The fraction of sp³-hybridized carbons (Fsp3) is 0.211. The minimum atomic E-state index is -0.0422. The summed E-state index contributed by atoms with van der Waals surface area (Å²) in [5.74, 6) is 1.41. The van der Waals surface area contributed by atoms with Gasteiger partial charge in [-0.05, 0) is 49.2 Å². The second kappa shape index (κ2) is 6.57. The van der Waals surface area contributed by atoms with Crippen molar-refractivity contribution in [3.05, 3.63) is 59.7 Å². The molecule has 23 heavy (non-hydrogen) atoms. The molecule has 0 atom stereocenters. The molecule has 0 unspecified atom stereocenters. The van der Waals surface area contributed by atoms with Gasteiger partial charge in [-0.1, -0.05) is 24.3 Å². The summed E-state index contributed by atoms with van der Waals surface area (Å²) >= 11 is 0. The van der Waals surface area contributed by atoms with Gasteiger partial charge >= 0.3 is 0 Å². The lowest BCUT2D eigenvalue weighted by atomic mass is 10.1. The molecule has 2 aromatic carbocycles. The second-order valence-electron chi connectivity index (χ2n) is 5.32. The Hall–Kier alpha value is -2.75. The first-order valence-corrected chi connectivity index (χ1v) is 7.64. The highest BCUT2D eigenvalue weighted by Crippen LogP contribution is 2.32. The largest absolute Gasteiger partial charge is 0.454 e. The van der Waals surface area contributed by atoms with Crippen LogP contribution in [0.1, 0.15) is 18.1 Å². The Bertz CT molecular complexity index is 752. The maximum Gasteiger partial charge on any atom is 0.250 e. The van der Waals surface area contributed by atoms with Crippen molar-refractivity contribution in [1.29, 1.82) is 0 Å². The van der Waals surface area contributed by atoms with E-state index in [0.29, 0.717) is 12.3 Å². The maximum atomic E-state index is 12.5. The molecule has 0 N–H and O–H groups in total. The van der Waals surface area contributed by atoms with Crippen LogP contribution in [0.3, 0.4) is 0 Å². The number of likely N-dealkylation sites (N-methyl/N-ethyl adjacent to an activating group) is 1. The van der Waals surface area contributed by atoms with Gasteiger partial charge < -0.3 is 14.4 Å². The Kier molecular flexibility index (Phi) is 4.33. The third-order valence-electron chi connectivity index (χ3n) is 3.80. The van der Waals surface area contributed by atoms with Crippen molar-refractivity contribution in [2.45, 2.75) is 13.8 Å². The van der Waals surface area contributed by atoms with E-state index in [1.54, 1.807) is 17.1 Å². The van der Waals surface area contributed by atoms with Gasteiger partial charge in [0.15, 0.2) is 11.5 Å². The Morgan fingerprint density at radius 3 is 2.74 bits per heavy atom. The zero-order chi connectivity index (χ0) is 16.2. The van der Waals surface area contributed by atoms with Gasteiger partial charge in [0.2, 0.25) is 6.79 Å². The van der Waals surface area contributed by atoms with E-state index in [1.807, 2.05) is 56.3 Å². The van der Waals surface area contributed by atoms with Crippen LogP contribution in [0.25, 0.3) is 6.08 Å². The van der Waals surface area contributed by atoms with Gasteiger partial charge in [0.25, 0.3) is 5.91 Å². The van der Waals surface area contributed by atoms with Crippen molar-refractivity contribution in [2.75, 3.05) is 18.2 Å². The normalized spacial score (nSPS) is 12.6. The number of hydrogen-bond donors (Lipinski definition) is 0. The molecule has 1 amide bonds. The lowest BCUT2D eigenvalue weighted by molar-refractivity contribution is -0.114. The second-order valence-corrected chi connectivity index (χ2v) is 5.32. The standard InChI is InChI=1S/C19H19NO3/c1-3-20(16-7-5-4-6-14(16)2)19(21)11-9-15-8-10-17-18(12-15)23-13-22-17/h4-12H,3,13H2,1-2H3. The number of rotatable bonds is 4. The molecule has 4 heteroatoms. The van der Waals surface area contributed by atoms with E-state index in [-0.39, 0.29) is 12.7 Å². The number of carbonyl (C=O) groups excluding carboxylic acids is 1. The summed E-state index contributed by atoms with van der Waals surface area (Å²) in [5.41, 5.74) is 2.93. The highest BCUT2D eigenvalue weighted by atomic mass is 16.7. The SMILES string of the molecule is CCN(C(=O)C=Cc1ccc2c(c1)OCO2)c1ccccc1C. The van der Waals surface area contributed by atoms with Crippen LogP contribution in [0.5, 0.6) is 11.5 Å². The molecule has 3 rings (SSSR count). The predicted octanol–water partition coefficient (Wildman–Crippen LogP) is 3.79. The molecule has 0 aromatic heterocycles. The highest BCUT2D eigenvalue weighted by Gasteiger charge is 2.14. The summed E-state index contributed by atoms with van der Waals surface area (Å²) in [7, 11) is 0. The number of hydrogen-bond acceptors (Lipinski definition) is 3. The minimum Gasteiger partial charge on any atom is -0.454 e. The number of nitrogens with zero attached hydrogens (tertiary/aromatic N) is 1. The quantitative estimate of drug-likeness (QED) is 0.807. The fourth-order valence-electron chi connectivity index (χ4n) is 2.59. The first-order chi connectivity index (χ1) is 11.2. The molecule has 4 nitrogen and oxygen atoms in total. The summed E-state index contributed by atoms with van der Waals surface area (Å²) in [4.78, 5) is 14.3. The first kappa shape index (κ1) is 15.2. The lowest BCUT2D eigenvalue weighted by Crippen LogP contribution is -2.29. The number of amides is 1. The Morgan fingerprint density at radius 1 is 1.17 bits per heavy atom. The van der Waals surface area contributed by atoms with Gasteiger partial charge in [-0.25, -0.2) is 0 Å². The van der Waals surface area contributed by atoms with E-state index in [1.165, 1.54) is 0 Å². The molecule has 0 spiro atoms. The van der Waals surface area contributed by atoms with E-state index < -0.39 is 0 Å². The van der Waals surface area contributed by atoms with E-state index in [2.05, 4.69) is 0 Å². The predicted molar refractivity (Wildman–Crippen MR) is 90.8 cm³/mol. The molecule has 1 aliphatic heterocycles. The molecule has 0 saturated heterocycles. The average Bonchev–Trinajstić information content (AvgIpc) is 3.03. The van der Waals surface area contributed by atoms with Crippen molar-refractivity contribution in [3.63, 3.8) is 0 Å². The molecule has 118 valence electrons. The maximum absolute atomic E-state index is 12.5. The Labute approximate surface area is 135 Å². The van der Waals surface area contributed by atoms with Gasteiger partial charge in [0, 0.05) is 18.3 Å². The summed E-state index contributed by atoms with van der Waals surface area (Å²) in [5, 5.41) is 0. The van der Waals surface area contributed by atoms with Crippen molar-refractivity contribution in [1.82, 2.24) is 0 Å². The van der Waals surface area contributed by atoms with Crippen molar-refractivity contribution in [2.24, 2.45) is 0 Å². The van der Waals surface area contributed by atoms with Crippen molar-refractivity contribution < 1.29 is 14.3 Å². The smallest absolute Gasteiger partial charge is 0.250 e. The summed E-state index contributed by atoms with van der Waals surface area (Å²) < 4.78 is 10.6. The summed E-state index contributed by atoms with van der Waals surface area (Å²) in [6.07, 6.45) is 3.39. The molecule has 0 bridgehead atoms. The Morgan fingerprint density at radius 2 is 1.96 bits per heavy atom. The van der Waals surface area contributed by atoms with Gasteiger partial charge in [0.05, 0.1) is 0 Å². The van der Waals surface area contributed by atoms with Gasteiger partial charge in [-0.3, -0.25) is 4.79 Å². The molecule has 0 aliphatic carbocycles. The van der Waals surface area contributed by atoms with Crippen LogP contribution in [-0.2, 0) is 4.79 Å². The number of para-hydroxylation sites is 1. The average molecular weight is 309 g/mol. The molecule has 0 radical (unpaired) electrons. The molecule has 1 aliphatic rings. The summed E-state index contributed by atoms with van der Waals surface area (Å²) in [6.45, 7) is 4.85.